The van der Waals surface area contributed by atoms with Gasteiger partial charge in [0.15, 0.2) is 9.84 Å². The lowest BCUT2D eigenvalue weighted by Gasteiger charge is -2.15. The van der Waals surface area contributed by atoms with Gasteiger partial charge in [-0.05, 0) is 47.0 Å². The SMILES string of the molecule is CS(=O)(=O)c1cccc(-c2ccc([C@@H]3CN=C(c4cnc(-c5c(Cl)cccc5Cl)[nH]4)N3)c(Cl)c2)c1. The second-order valence-corrected chi connectivity index (χ2v) is 11.4. The highest BCUT2D eigenvalue weighted by atomic mass is 35.5. The summed E-state index contributed by atoms with van der Waals surface area (Å²) in [5.41, 5.74) is 3.85. The average Bonchev–Trinajstić information content (AvgIpc) is 3.49. The van der Waals surface area contributed by atoms with Gasteiger partial charge in [0.2, 0.25) is 0 Å². The van der Waals surface area contributed by atoms with Gasteiger partial charge in [-0.25, -0.2) is 13.4 Å². The number of aliphatic imine (C=N–C) groups is 1. The number of nitrogens with one attached hydrogen (secondary N) is 2. The lowest BCUT2D eigenvalue weighted by molar-refractivity contribution is 0.602. The molecule has 0 saturated heterocycles. The Morgan fingerprint density at radius 3 is 2.34 bits per heavy atom. The normalized spacial score (nSPS) is 15.7. The van der Waals surface area contributed by atoms with Crippen LogP contribution in [0.15, 0.2) is 76.7 Å². The van der Waals surface area contributed by atoms with Gasteiger partial charge in [-0.15, -0.1) is 0 Å². The van der Waals surface area contributed by atoms with E-state index in [9.17, 15) is 8.42 Å². The van der Waals surface area contributed by atoms with Gasteiger partial charge in [-0.3, -0.25) is 4.99 Å². The van der Waals surface area contributed by atoms with E-state index in [2.05, 4.69) is 20.3 Å². The summed E-state index contributed by atoms with van der Waals surface area (Å²) in [7, 11) is -3.30. The number of sulfone groups is 1. The molecule has 1 aliphatic heterocycles. The summed E-state index contributed by atoms with van der Waals surface area (Å²) in [6, 6.07) is 17.7. The molecule has 0 amide bonds. The van der Waals surface area contributed by atoms with Crippen molar-refractivity contribution in [1.82, 2.24) is 15.3 Å². The van der Waals surface area contributed by atoms with Crippen molar-refractivity contribution in [3.8, 4) is 22.5 Å². The highest BCUT2D eigenvalue weighted by Crippen LogP contribution is 2.34. The molecule has 0 bridgehead atoms. The number of H-pyrrole nitrogens is 1. The Morgan fingerprint density at radius 1 is 0.914 bits per heavy atom. The second-order valence-electron chi connectivity index (χ2n) is 8.16. The number of aromatic nitrogens is 2. The van der Waals surface area contributed by atoms with Crippen LogP contribution in [0.1, 0.15) is 17.3 Å². The first-order chi connectivity index (χ1) is 16.7. The first kappa shape index (κ1) is 23.9. The van der Waals surface area contributed by atoms with Crippen molar-refractivity contribution in [2.75, 3.05) is 12.8 Å². The Morgan fingerprint density at radius 2 is 1.63 bits per heavy atom. The van der Waals surface area contributed by atoms with Crippen molar-refractivity contribution in [2.24, 2.45) is 4.99 Å². The van der Waals surface area contributed by atoms with Gasteiger partial charge in [0, 0.05) is 11.3 Å². The van der Waals surface area contributed by atoms with Crippen LogP contribution in [0.4, 0.5) is 0 Å². The fourth-order valence-electron chi connectivity index (χ4n) is 3.97. The van der Waals surface area contributed by atoms with Gasteiger partial charge in [0.05, 0.1) is 39.3 Å². The monoisotopic (exact) mass is 544 g/mol. The summed E-state index contributed by atoms with van der Waals surface area (Å²) in [5.74, 6) is 1.22. The Kier molecular flexibility index (Phi) is 6.36. The zero-order valence-electron chi connectivity index (χ0n) is 18.4. The molecule has 3 aromatic carbocycles. The van der Waals surface area contributed by atoms with Gasteiger partial charge in [-0.1, -0.05) is 65.1 Å². The number of hydrogen-bond acceptors (Lipinski definition) is 5. The van der Waals surface area contributed by atoms with E-state index in [4.69, 9.17) is 34.8 Å². The summed E-state index contributed by atoms with van der Waals surface area (Å²) < 4.78 is 23.8. The summed E-state index contributed by atoms with van der Waals surface area (Å²) in [6.07, 6.45) is 2.87. The van der Waals surface area contributed by atoms with E-state index < -0.39 is 9.84 Å². The van der Waals surface area contributed by atoms with Gasteiger partial charge >= 0.3 is 0 Å². The number of halogens is 3. The van der Waals surface area contributed by atoms with E-state index in [0.717, 1.165) is 16.7 Å². The van der Waals surface area contributed by atoms with E-state index in [0.29, 0.717) is 44.5 Å². The van der Waals surface area contributed by atoms with Crippen molar-refractivity contribution >= 4 is 50.5 Å². The Labute approximate surface area is 217 Å². The first-order valence-corrected chi connectivity index (χ1v) is 13.6. The minimum atomic E-state index is -3.30. The summed E-state index contributed by atoms with van der Waals surface area (Å²) in [4.78, 5) is 12.5. The Balaban J connectivity index is 1.36. The average molecular weight is 546 g/mol. The van der Waals surface area contributed by atoms with Crippen LogP contribution in [-0.2, 0) is 9.84 Å². The number of benzene rings is 3. The van der Waals surface area contributed by atoms with Crippen molar-refractivity contribution < 1.29 is 8.42 Å². The van der Waals surface area contributed by atoms with Crippen LogP contribution in [0.3, 0.4) is 0 Å². The van der Waals surface area contributed by atoms with Crippen LogP contribution < -0.4 is 5.32 Å². The maximum absolute atomic E-state index is 11.9. The smallest absolute Gasteiger partial charge is 0.175 e. The van der Waals surface area contributed by atoms with Gasteiger partial charge in [0.1, 0.15) is 17.4 Å². The number of nitrogens with zero attached hydrogens (tertiary/aromatic N) is 2. The molecule has 2 heterocycles. The van der Waals surface area contributed by atoms with Gasteiger partial charge in [-0.2, -0.15) is 0 Å². The third-order valence-electron chi connectivity index (χ3n) is 5.74. The van der Waals surface area contributed by atoms with Crippen LogP contribution in [0.25, 0.3) is 22.5 Å². The number of imidazole rings is 1. The largest absolute Gasteiger partial charge is 0.360 e. The molecule has 2 N–H and O–H groups in total. The molecule has 0 fully saturated rings. The lowest BCUT2D eigenvalue weighted by atomic mass is 10.0. The molecule has 0 unspecified atom stereocenters. The molecule has 0 spiro atoms. The molecular formula is C25H19Cl3N4O2S. The third-order valence-corrected chi connectivity index (χ3v) is 7.81. The number of rotatable bonds is 5. The molecule has 0 saturated carbocycles. The first-order valence-electron chi connectivity index (χ1n) is 10.6. The van der Waals surface area contributed by atoms with Crippen molar-refractivity contribution in [3.05, 3.63) is 93.2 Å². The van der Waals surface area contributed by atoms with Crippen LogP contribution in [0, 0.1) is 0 Å². The summed E-state index contributed by atoms with van der Waals surface area (Å²) >= 11 is 19.3. The maximum Gasteiger partial charge on any atom is 0.175 e. The number of amidine groups is 1. The molecule has 0 aliphatic carbocycles. The van der Waals surface area contributed by atoms with E-state index >= 15 is 0 Å². The zero-order valence-corrected chi connectivity index (χ0v) is 21.5. The third kappa shape index (κ3) is 4.82. The Bertz CT molecular complexity index is 1560. The summed E-state index contributed by atoms with van der Waals surface area (Å²) in [6.45, 7) is 0.499. The molecule has 0 radical (unpaired) electrons. The fraction of sp³-hybridized carbons (Fsp3) is 0.120. The molecule has 4 aromatic rings. The van der Waals surface area contributed by atoms with Crippen LogP contribution in [0.5, 0.6) is 0 Å². The molecule has 1 aromatic heterocycles. The van der Waals surface area contributed by atoms with E-state index in [-0.39, 0.29) is 10.9 Å². The van der Waals surface area contributed by atoms with E-state index in [1.165, 1.54) is 6.26 Å². The highest BCUT2D eigenvalue weighted by molar-refractivity contribution is 7.90. The molecular weight excluding hydrogens is 527 g/mol. The molecule has 5 rings (SSSR count). The summed E-state index contributed by atoms with van der Waals surface area (Å²) in [5, 5.41) is 4.97. The van der Waals surface area contributed by atoms with Gasteiger partial charge < -0.3 is 10.3 Å². The van der Waals surface area contributed by atoms with Crippen molar-refractivity contribution in [1.29, 1.82) is 0 Å². The standard InChI is InChI=1S/C25H19Cl3N4O2S/c1-35(33,34)16-5-2-4-14(10-16)15-8-9-17(20(28)11-15)21-12-29-24(31-21)22-13-30-25(32-22)23-18(26)6-3-7-19(23)27/h2-11,13,21H,12H2,1H3,(H,29,31)(H,30,32)/t21-/m0/s1. The molecule has 1 atom stereocenters. The quantitative estimate of drug-likeness (QED) is 0.313. The molecule has 35 heavy (non-hydrogen) atoms. The van der Waals surface area contributed by atoms with E-state index in [1.807, 2.05) is 24.3 Å². The topological polar surface area (TPSA) is 87.2 Å². The number of hydrogen-bond donors (Lipinski definition) is 2. The Hall–Kier alpha value is -2.84. The second kappa shape index (κ2) is 9.32. The predicted octanol–water partition coefficient (Wildman–Crippen LogP) is 6.20. The molecule has 1 aliphatic rings. The molecule has 6 nitrogen and oxygen atoms in total. The minimum absolute atomic E-state index is 0.121. The van der Waals surface area contributed by atoms with E-state index in [1.54, 1.807) is 42.6 Å². The predicted molar refractivity (Wildman–Crippen MR) is 141 cm³/mol. The lowest BCUT2D eigenvalue weighted by Crippen LogP contribution is -2.24. The zero-order chi connectivity index (χ0) is 24.7. The van der Waals surface area contributed by atoms with Gasteiger partial charge in [0.25, 0.3) is 0 Å². The minimum Gasteiger partial charge on any atom is -0.360 e. The number of aromatic amines is 1. The van der Waals surface area contributed by atoms with Crippen LogP contribution in [0.2, 0.25) is 15.1 Å². The molecule has 178 valence electrons. The molecule has 10 heteroatoms. The van der Waals surface area contributed by atoms with Crippen molar-refractivity contribution in [2.45, 2.75) is 10.9 Å². The van der Waals surface area contributed by atoms with Crippen LogP contribution >= 0.6 is 34.8 Å². The maximum atomic E-state index is 11.9. The van der Waals surface area contributed by atoms with Crippen LogP contribution in [-0.4, -0.2) is 37.0 Å². The van der Waals surface area contributed by atoms with Crippen molar-refractivity contribution in [3.63, 3.8) is 0 Å². The fourth-order valence-corrected chi connectivity index (χ4v) is 5.52. The highest BCUT2D eigenvalue weighted by Gasteiger charge is 2.24.